The van der Waals surface area contributed by atoms with Crippen molar-refractivity contribution in [3.05, 3.63) is 33.9 Å². The van der Waals surface area contributed by atoms with Crippen LogP contribution < -0.4 is 10.6 Å². The lowest BCUT2D eigenvalue weighted by molar-refractivity contribution is -0.384. The molecule has 30 heavy (non-hydrogen) atoms. The van der Waals surface area contributed by atoms with Gasteiger partial charge >= 0.3 is 0 Å². The SMILES string of the molecule is CC(C)(C)NC(=O)CN1CCCN(C(=O)c2ccc(NC3CC3)c([N+](=O)[O-])c2)CC1. The fraction of sp³-hybridized carbons (Fsp3) is 0.619. The van der Waals surface area contributed by atoms with Crippen LogP contribution in [0.15, 0.2) is 18.2 Å². The van der Waals surface area contributed by atoms with Crippen molar-refractivity contribution in [1.29, 1.82) is 0 Å². The summed E-state index contributed by atoms with van der Waals surface area (Å²) in [4.78, 5) is 39.9. The van der Waals surface area contributed by atoms with E-state index >= 15 is 0 Å². The summed E-state index contributed by atoms with van der Waals surface area (Å²) in [5.74, 6) is -0.242. The first-order valence-electron chi connectivity index (χ1n) is 10.5. The molecule has 2 fully saturated rings. The van der Waals surface area contributed by atoms with Crippen LogP contribution in [-0.4, -0.2) is 70.8 Å². The predicted molar refractivity (Wildman–Crippen MR) is 115 cm³/mol. The molecule has 1 saturated heterocycles. The number of nitro benzene ring substituents is 1. The number of nitrogens with one attached hydrogen (secondary N) is 2. The first kappa shape index (κ1) is 22.0. The Morgan fingerprint density at radius 2 is 1.90 bits per heavy atom. The van der Waals surface area contributed by atoms with E-state index in [9.17, 15) is 19.7 Å². The van der Waals surface area contributed by atoms with Crippen LogP contribution in [-0.2, 0) is 4.79 Å². The largest absolute Gasteiger partial charge is 0.377 e. The molecule has 2 N–H and O–H groups in total. The number of nitrogens with zero attached hydrogens (tertiary/aromatic N) is 3. The monoisotopic (exact) mass is 417 g/mol. The zero-order valence-electron chi connectivity index (χ0n) is 17.9. The maximum atomic E-state index is 13.0. The Hall–Kier alpha value is -2.68. The number of carbonyl (C=O) groups excluding carboxylic acids is 2. The maximum Gasteiger partial charge on any atom is 0.293 e. The van der Waals surface area contributed by atoms with Crippen molar-refractivity contribution in [2.24, 2.45) is 0 Å². The minimum Gasteiger partial charge on any atom is -0.377 e. The van der Waals surface area contributed by atoms with Gasteiger partial charge in [-0.1, -0.05) is 0 Å². The van der Waals surface area contributed by atoms with Gasteiger partial charge in [-0.2, -0.15) is 0 Å². The van der Waals surface area contributed by atoms with Crippen molar-refractivity contribution in [2.45, 2.75) is 51.6 Å². The lowest BCUT2D eigenvalue weighted by Gasteiger charge is -2.25. The Labute approximate surface area is 176 Å². The fourth-order valence-corrected chi connectivity index (χ4v) is 3.56. The molecule has 0 atom stereocenters. The minimum absolute atomic E-state index is 0.0309. The molecule has 0 radical (unpaired) electrons. The van der Waals surface area contributed by atoms with Gasteiger partial charge in [0.15, 0.2) is 0 Å². The molecule has 3 rings (SSSR count). The molecular weight excluding hydrogens is 386 g/mol. The minimum atomic E-state index is -0.445. The molecule has 1 aromatic carbocycles. The summed E-state index contributed by atoms with van der Waals surface area (Å²) < 4.78 is 0. The molecule has 2 aliphatic rings. The van der Waals surface area contributed by atoms with Crippen LogP contribution >= 0.6 is 0 Å². The van der Waals surface area contributed by atoms with E-state index in [1.165, 1.54) is 6.07 Å². The number of hydrogen-bond acceptors (Lipinski definition) is 6. The summed E-state index contributed by atoms with van der Waals surface area (Å²) in [6.45, 7) is 8.49. The Morgan fingerprint density at radius 3 is 2.53 bits per heavy atom. The first-order valence-corrected chi connectivity index (χ1v) is 10.5. The molecule has 1 aliphatic carbocycles. The van der Waals surface area contributed by atoms with Gasteiger partial charge in [-0.15, -0.1) is 0 Å². The van der Waals surface area contributed by atoms with Crippen LogP contribution in [0.2, 0.25) is 0 Å². The second kappa shape index (κ2) is 8.99. The van der Waals surface area contributed by atoms with Gasteiger partial charge in [0.1, 0.15) is 5.69 Å². The zero-order chi connectivity index (χ0) is 21.9. The van der Waals surface area contributed by atoms with Crippen molar-refractivity contribution < 1.29 is 14.5 Å². The quantitative estimate of drug-likeness (QED) is 0.543. The van der Waals surface area contributed by atoms with Gasteiger partial charge < -0.3 is 15.5 Å². The van der Waals surface area contributed by atoms with Gasteiger partial charge in [-0.25, -0.2) is 0 Å². The summed E-state index contributed by atoms with van der Waals surface area (Å²) >= 11 is 0. The molecule has 0 aromatic heterocycles. The second-order valence-corrected chi connectivity index (χ2v) is 9.13. The van der Waals surface area contributed by atoms with E-state index in [0.717, 1.165) is 25.8 Å². The molecule has 0 unspecified atom stereocenters. The van der Waals surface area contributed by atoms with Crippen molar-refractivity contribution in [2.75, 3.05) is 38.0 Å². The van der Waals surface area contributed by atoms with E-state index in [1.807, 2.05) is 25.7 Å². The smallest absolute Gasteiger partial charge is 0.293 e. The standard InChI is InChI=1S/C21H31N5O4/c1-21(2,3)23-19(27)14-24-9-4-10-25(12-11-24)20(28)15-5-8-17(22-16-6-7-16)18(13-15)26(29)30/h5,8,13,16,22H,4,6-7,9-12,14H2,1-3H3,(H,23,27). The van der Waals surface area contributed by atoms with Gasteiger partial charge in [-0.3, -0.25) is 24.6 Å². The number of rotatable bonds is 6. The second-order valence-electron chi connectivity index (χ2n) is 9.13. The van der Waals surface area contributed by atoms with E-state index in [2.05, 4.69) is 10.6 Å². The topological polar surface area (TPSA) is 108 Å². The summed E-state index contributed by atoms with van der Waals surface area (Å²) in [5.41, 5.74) is 0.441. The first-order chi connectivity index (χ1) is 14.1. The van der Waals surface area contributed by atoms with E-state index in [1.54, 1.807) is 17.0 Å². The van der Waals surface area contributed by atoms with Gasteiger partial charge in [0.05, 0.1) is 11.5 Å². The normalized spacial score (nSPS) is 17.9. The summed E-state index contributed by atoms with van der Waals surface area (Å²) in [7, 11) is 0. The number of nitro groups is 1. The lowest BCUT2D eigenvalue weighted by atomic mass is 10.1. The Balaban J connectivity index is 1.62. The Morgan fingerprint density at radius 1 is 1.17 bits per heavy atom. The van der Waals surface area contributed by atoms with Crippen LogP contribution in [0.25, 0.3) is 0 Å². The van der Waals surface area contributed by atoms with Gasteiger partial charge in [0.2, 0.25) is 5.91 Å². The molecule has 1 heterocycles. The highest BCUT2D eigenvalue weighted by molar-refractivity contribution is 5.95. The third-order valence-corrected chi connectivity index (χ3v) is 5.14. The predicted octanol–water partition coefficient (Wildman–Crippen LogP) is 2.23. The molecule has 2 amide bonds. The van der Waals surface area contributed by atoms with Crippen molar-refractivity contribution in [3.63, 3.8) is 0 Å². The molecular formula is C21H31N5O4. The zero-order valence-corrected chi connectivity index (χ0v) is 17.9. The maximum absolute atomic E-state index is 13.0. The molecule has 1 aromatic rings. The molecule has 1 aliphatic heterocycles. The number of carbonyl (C=O) groups is 2. The van der Waals surface area contributed by atoms with E-state index in [0.29, 0.717) is 37.4 Å². The number of amides is 2. The molecule has 164 valence electrons. The number of hydrogen-bond donors (Lipinski definition) is 2. The highest BCUT2D eigenvalue weighted by Gasteiger charge is 2.27. The fourth-order valence-electron chi connectivity index (χ4n) is 3.56. The van der Waals surface area contributed by atoms with E-state index in [-0.39, 0.29) is 29.1 Å². The summed E-state index contributed by atoms with van der Waals surface area (Å²) in [6, 6.07) is 4.94. The highest BCUT2D eigenvalue weighted by Crippen LogP contribution is 2.31. The van der Waals surface area contributed by atoms with Crippen molar-refractivity contribution in [3.8, 4) is 0 Å². The average molecular weight is 418 g/mol. The highest BCUT2D eigenvalue weighted by atomic mass is 16.6. The lowest BCUT2D eigenvalue weighted by Crippen LogP contribution is -2.46. The van der Waals surface area contributed by atoms with Gasteiger partial charge in [0.25, 0.3) is 11.6 Å². The third-order valence-electron chi connectivity index (χ3n) is 5.14. The molecule has 9 nitrogen and oxygen atoms in total. The van der Waals surface area contributed by atoms with Crippen LogP contribution in [0, 0.1) is 10.1 Å². The number of anilines is 1. The Bertz CT molecular complexity index is 816. The molecule has 1 saturated carbocycles. The van der Waals surface area contributed by atoms with Crippen molar-refractivity contribution >= 4 is 23.2 Å². The molecule has 0 bridgehead atoms. The van der Waals surface area contributed by atoms with Crippen LogP contribution in [0.3, 0.4) is 0 Å². The van der Waals surface area contributed by atoms with Gasteiger partial charge in [-0.05, 0) is 52.2 Å². The van der Waals surface area contributed by atoms with Crippen LogP contribution in [0.1, 0.15) is 50.4 Å². The van der Waals surface area contributed by atoms with Gasteiger partial charge in [0, 0.05) is 49.4 Å². The van der Waals surface area contributed by atoms with E-state index < -0.39 is 4.92 Å². The molecule has 0 spiro atoms. The Kier molecular flexibility index (Phi) is 6.60. The average Bonchev–Trinajstić information content (AvgIpc) is 3.47. The molecule has 9 heteroatoms. The summed E-state index contributed by atoms with van der Waals surface area (Å²) in [6.07, 6.45) is 2.77. The number of benzene rings is 1. The van der Waals surface area contributed by atoms with Crippen LogP contribution in [0.5, 0.6) is 0 Å². The summed E-state index contributed by atoms with van der Waals surface area (Å²) in [5, 5.41) is 17.6. The third kappa shape index (κ3) is 6.16. The van der Waals surface area contributed by atoms with Crippen LogP contribution in [0.4, 0.5) is 11.4 Å². The van der Waals surface area contributed by atoms with Crippen molar-refractivity contribution in [1.82, 2.24) is 15.1 Å². The van der Waals surface area contributed by atoms with E-state index in [4.69, 9.17) is 0 Å².